The highest BCUT2D eigenvalue weighted by molar-refractivity contribution is 9.10. The van der Waals surface area contributed by atoms with Crippen LogP contribution in [0.2, 0.25) is 0 Å². The minimum Gasteiger partial charge on any atom is -0.342 e. The van der Waals surface area contributed by atoms with Gasteiger partial charge in [0.25, 0.3) is 0 Å². The number of nitrogens with one attached hydrogen (secondary N) is 1. The Morgan fingerprint density at radius 1 is 1.43 bits per heavy atom. The molecule has 0 unspecified atom stereocenters. The van der Waals surface area contributed by atoms with Gasteiger partial charge in [0.15, 0.2) is 0 Å². The summed E-state index contributed by atoms with van der Waals surface area (Å²) in [6, 6.07) is 4.96. The van der Waals surface area contributed by atoms with Crippen LogP contribution in [0.3, 0.4) is 0 Å². The first-order valence-corrected chi connectivity index (χ1v) is 5.30. The molecule has 4 heteroatoms. The quantitative estimate of drug-likeness (QED) is 0.820. The van der Waals surface area contributed by atoms with Crippen molar-refractivity contribution < 1.29 is 4.39 Å². The van der Waals surface area contributed by atoms with E-state index in [2.05, 4.69) is 26.2 Å². The van der Waals surface area contributed by atoms with E-state index in [4.69, 9.17) is 0 Å². The molecule has 0 aliphatic carbocycles. The number of rotatable bonds is 1. The second kappa shape index (κ2) is 4.09. The number of hydrogen-bond acceptors (Lipinski definition) is 2. The molecule has 1 aromatic carbocycles. The minimum atomic E-state index is -0.256. The topological polar surface area (TPSA) is 24.4 Å². The molecule has 2 nitrogen and oxygen atoms in total. The zero-order valence-corrected chi connectivity index (χ0v) is 9.14. The van der Waals surface area contributed by atoms with Crippen LogP contribution in [-0.2, 0) is 0 Å². The second-order valence-electron chi connectivity index (χ2n) is 3.18. The van der Waals surface area contributed by atoms with Crippen LogP contribution in [0.1, 0.15) is 12.8 Å². The summed E-state index contributed by atoms with van der Waals surface area (Å²) in [5.74, 6) is 0.625. The van der Waals surface area contributed by atoms with Crippen molar-refractivity contribution in [3.63, 3.8) is 0 Å². The average Bonchev–Trinajstić information content (AvgIpc) is 2.62. The van der Waals surface area contributed by atoms with Gasteiger partial charge < -0.3 is 5.32 Å². The van der Waals surface area contributed by atoms with Crippen LogP contribution in [0.5, 0.6) is 0 Å². The molecule has 2 rings (SSSR count). The summed E-state index contributed by atoms with van der Waals surface area (Å²) in [6.07, 6.45) is 1.97. The number of aliphatic imine (C=N–C) groups is 1. The Bertz CT molecular complexity index is 376. The molecule has 0 spiro atoms. The largest absolute Gasteiger partial charge is 0.342 e. The van der Waals surface area contributed by atoms with Gasteiger partial charge in [0.1, 0.15) is 11.7 Å². The number of benzene rings is 1. The van der Waals surface area contributed by atoms with E-state index in [0.717, 1.165) is 29.7 Å². The summed E-state index contributed by atoms with van der Waals surface area (Å²) in [6.45, 7) is 0.848. The zero-order chi connectivity index (χ0) is 9.97. The number of anilines is 1. The summed E-state index contributed by atoms with van der Waals surface area (Å²) in [5.41, 5.74) is 0.494. The summed E-state index contributed by atoms with van der Waals surface area (Å²) >= 11 is 3.21. The van der Waals surface area contributed by atoms with E-state index < -0.39 is 0 Å². The molecular weight excluding hydrogens is 247 g/mol. The van der Waals surface area contributed by atoms with Gasteiger partial charge >= 0.3 is 0 Å². The lowest BCUT2D eigenvalue weighted by atomic mass is 10.3. The molecule has 74 valence electrons. The molecule has 1 heterocycles. The van der Waals surface area contributed by atoms with Gasteiger partial charge in [-0.15, -0.1) is 0 Å². The van der Waals surface area contributed by atoms with E-state index in [9.17, 15) is 4.39 Å². The Morgan fingerprint density at radius 3 is 2.93 bits per heavy atom. The smallest absolute Gasteiger partial charge is 0.147 e. The van der Waals surface area contributed by atoms with E-state index in [1.54, 1.807) is 12.1 Å². The monoisotopic (exact) mass is 256 g/mol. The Balaban J connectivity index is 2.16. The third-order valence-corrected chi connectivity index (χ3v) is 2.58. The summed E-state index contributed by atoms with van der Waals surface area (Å²) in [5, 5.41) is 2.99. The van der Waals surface area contributed by atoms with Crippen molar-refractivity contribution in [2.24, 2.45) is 4.99 Å². The van der Waals surface area contributed by atoms with E-state index in [-0.39, 0.29) is 5.82 Å². The summed E-state index contributed by atoms with van der Waals surface area (Å²) in [7, 11) is 0. The first-order valence-electron chi connectivity index (χ1n) is 4.51. The number of nitrogens with zero attached hydrogens (tertiary/aromatic N) is 1. The molecule has 0 bridgehead atoms. The van der Waals surface area contributed by atoms with Crippen LogP contribution in [-0.4, -0.2) is 12.4 Å². The lowest BCUT2D eigenvalue weighted by Gasteiger charge is -2.06. The predicted molar refractivity (Wildman–Crippen MR) is 59.3 cm³/mol. The fourth-order valence-electron chi connectivity index (χ4n) is 1.39. The van der Waals surface area contributed by atoms with E-state index in [1.165, 1.54) is 6.07 Å². The van der Waals surface area contributed by atoms with Crippen molar-refractivity contribution >= 4 is 27.5 Å². The van der Waals surface area contributed by atoms with Gasteiger partial charge in [-0.2, -0.15) is 0 Å². The standard InChI is InChI=1S/C10H10BrFN2/c11-7-3-4-9(8(12)6-7)14-10-2-1-5-13-10/h3-4,6H,1-2,5H2,(H,13,14). The van der Waals surface area contributed by atoms with Gasteiger partial charge in [0.05, 0.1) is 5.69 Å². The number of amidine groups is 1. The normalized spacial score (nSPS) is 15.4. The zero-order valence-electron chi connectivity index (χ0n) is 7.56. The van der Waals surface area contributed by atoms with Gasteiger partial charge in [0.2, 0.25) is 0 Å². The maximum absolute atomic E-state index is 13.4. The molecule has 1 N–H and O–H groups in total. The molecule has 0 atom stereocenters. The Morgan fingerprint density at radius 2 is 2.29 bits per heavy atom. The van der Waals surface area contributed by atoms with Crippen molar-refractivity contribution in [2.75, 3.05) is 11.9 Å². The fraction of sp³-hybridized carbons (Fsp3) is 0.300. The van der Waals surface area contributed by atoms with Gasteiger partial charge in [-0.25, -0.2) is 4.39 Å². The molecule has 0 aromatic heterocycles. The maximum atomic E-state index is 13.4. The number of hydrogen-bond donors (Lipinski definition) is 1. The van der Waals surface area contributed by atoms with Crippen molar-refractivity contribution in [3.05, 3.63) is 28.5 Å². The van der Waals surface area contributed by atoms with Crippen LogP contribution >= 0.6 is 15.9 Å². The first-order chi connectivity index (χ1) is 6.75. The maximum Gasteiger partial charge on any atom is 0.147 e. The average molecular weight is 257 g/mol. The highest BCUT2D eigenvalue weighted by atomic mass is 79.9. The van der Waals surface area contributed by atoms with Crippen LogP contribution in [0, 0.1) is 5.82 Å². The molecule has 1 aromatic rings. The van der Waals surface area contributed by atoms with Crippen molar-refractivity contribution in [1.29, 1.82) is 0 Å². The molecule has 1 aliphatic rings. The Labute approximate surface area is 90.4 Å². The lowest BCUT2D eigenvalue weighted by molar-refractivity contribution is 0.631. The minimum absolute atomic E-state index is 0.256. The fourth-order valence-corrected chi connectivity index (χ4v) is 1.72. The lowest BCUT2D eigenvalue weighted by Crippen LogP contribution is -2.09. The third kappa shape index (κ3) is 2.12. The predicted octanol–water partition coefficient (Wildman–Crippen LogP) is 3.19. The van der Waals surface area contributed by atoms with Gasteiger partial charge in [-0.05, 0) is 24.6 Å². The highest BCUT2D eigenvalue weighted by Gasteiger charge is 2.08. The van der Waals surface area contributed by atoms with Gasteiger partial charge in [0, 0.05) is 17.4 Å². The molecule has 1 aliphatic heterocycles. The van der Waals surface area contributed by atoms with Crippen LogP contribution in [0.4, 0.5) is 10.1 Å². The number of halogens is 2. The molecule has 0 amide bonds. The SMILES string of the molecule is Fc1cc(Br)ccc1NC1=NCCC1. The summed E-state index contributed by atoms with van der Waals surface area (Å²) < 4.78 is 14.1. The van der Waals surface area contributed by atoms with Gasteiger partial charge in [-0.1, -0.05) is 15.9 Å². The Hall–Kier alpha value is -0.900. The first kappa shape index (κ1) is 9.65. The van der Waals surface area contributed by atoms with Crippen LogP contribution < -0.4 is 5.32 Å². The molecular formula is C10H10BrFN2. The Kier molecular flexibility index (Phi) is 2.82. The second-order valence-corrected chi connectivity index (χ2v) is 4.10. The highest BCUT2D eigenvalue weighted by Crippen LogP contribution is 2.20. The van der Waals surface area contributed by atoms with Crippen molar-refractivity contribution in [3.8, 4) is 0 Å². The summed E-state index contributed by atoms with van der Waals surface area (Å²) in [4.78, 5) is 4.22. The van der Waals surface area contributed by atoms with Crippen molar-refractivity contribution in [2.45, 2.75) is 12.8 Å². The van der Waals surface area contributed by atoms with E-state index >= 15 is 0 Å². The molecule has 0 saturated heterocycles. The van der Waals surface area contributed by atoms with Crippen molar-refractivity contribution in [1.82, 2.24) is 0 Å². The molecule has 0 fully saturated rings. The van der Waals surface area contributed by atoms with E-state index in [0.29, 0.717) is 5.69 Å². The van der Waals surface area contributed by atoms with Gasteiger partial charge in [-0.3, -0.25) is 4.99 Å². The molecule has 0 saturated carbocycles. The molecule has 14 heavy (non-hydrogen) atoms. The third-order valence-electron chi connectivity index (χ3n) is 2.08. The molecule has 0 radical (unpaired) electrons. The van der Waals surface area contributed by atoms with Crippen LogP contribution in [0.15, 0.2) is 27.7 Å². The van der Waals surface area contributed by atoms with Crippen LogP contribution in [0.25, 0.3) is 0 Å². The van der Waals surface area contributed by atoms with E-state index in [1.807, 2.05) is 0 Å².